The van der Waals surface area contributed by atoms with Crippen molar-refractivity contribution in [1.82, 2.24) is 0 Å². The van der Waals surface area contributed by atoms with Gasteiger partial charge in [0.2, 0.25) is 0 Å². The molecule has 0 spiro atoms. The average Bonchev–Trinajstić information content (AvgIpc) is 2.60. The van der Waals surface area contributed by atoms with E-state index in [0.717, 1.165) is 12.8 Å². The SMILES string of the molecule is COC1CCCc2sc(CCO)cc21. The standard InChI is InChI=1S/C11H16O2S/c1-13-10-3-2-4-11-9(10)7-8(14-11)5-6-12/h7,10,12H,2-6H2,1H3. The van der Waals surface area contributed by atoms with E-state index in [1.807, 2.05) is 11.3 Å². The molecule has 1 atom stereocenters. The fourth-order valence-corrected chi connectivity index (χ4v) is 3.30. The lowest BCUT2D eigenvalue weighted by atomic mass is 9.96. The van der Waals surface area contributed by atoms with Crippen LogP contribution in [0.4, 0.5) is 0 Å². The van der Waals surface area contributed by atoms with Crippen molar-refractivity contribution in [3.05, 3.63) is 21.4 Å². The minimum atomic E-state index is 0.247. The number of methoxy groups -OCH3 is 1. The molecule has 2 rings (SSSR count). The Labute approximate surface area is 88.5 Å². The fraction of sp³-hybridized carbons (Fsp3) is 0.636. The molecule has 1 heterocycles. The van der Waals surface area contributed by atoms with E-state index in [-0.39, 0.29) is 6.61 Å². The topological polar surface area (TPSA) is 29.5 Å². The van der Waals surface area contributed by atoms with E-state index in [1.54, 1.807) is 7.11 Å². The molecule has 3 heteroatoms. The van der Waals surface area contributed by atoms with Crippen molar-refractivity contribution in [3.63, 3.8) is 0 Å². The zero-order valence-corrected chi connectivity index (χ0v) is 9.27. The summed E-state index contributed by atoms with van der Waals surface area (Å²) in [6.07, 6.45) is 4.63. The van der Waals surface area contributed by atoms with Gasteiger partial charge in [-0.1, -0.05) is 0 Å². The van der Waals surface area contributed by atoms with E-state index in [2.05, 4.69) is 6.07 Å². The van der Waals surface area contributed by atoms with Crippen LogP contribution in [-0.4, -0.2) is 18.8 Å². The van der Waals surface area contributed by atoms with Crippen LogP contribution in [0.25, 0.3) is 0 Å². The second kappa shape index (κ2) is 4.43. The van der Waals surface area contributed by atoms with Gasteiger partial charge in [0.05, 0.1) is 6.10 Å². The normalized spacial score (nSPS) is 20.9. The van der Waals surface area contributed by atoms with Gasteiger partial charge in [0.25, 0.3) is 0 Å². The molecule has 0 saturated carbocycles. The predicted molar refractivity (Wildman–Crippen MR) is 57.8 cm³/mol. The van der Waals surface area contributed by atoms with Gasteiger partial charge in [0, 0.05) is 29.9 Å². The first-order valence-corrected chi connectivity index (χ1v) is 5.92. The molecule has 1 aromatic heterocycles. The first-order valence-electron chi connectivity index (χ1n) is 5.10. The molecule has 78 valence electrons. The number of hydrogen-bond acceptors (Lipinski definition) is 3. The highest BCUT2D eigenvalue weighted by atomic mass is 32.1. The summed E-state index contributed by atoms with van der Waals surface area (Å²) in [4.78, 5) is 2.76. The smallest absolute Gasteiger partial charge is 0.0832 e. The lowest BCUT2D eigenvalue weighted by Gasteiger charge is -2.20. The number of hydrogen-bond donors (Lipinski definition) is 1. The van der Waals surface area contributed by atoms with Crippen LogP contribution >= 0.6 is 11.3 Å². The lowest BCUT2D eigenvalue weighted by molar-refractivity contribution is 0.0888. The molecule has 1 N–H and O–H groups in total. The summed E-state index contributed by atoms with van der Waals surface area (Å²) in [5.74, 6) is 0. The van der Waals surface area contributed by atoms with Crippen LogP contribution in [0.15, 0.2) is 6.07 Å². The van der Waals surface area contributed by atoms with Gasteiger partial charge in [-0.15, -0.1) is 11.3 Å². The quantitative estimate of drug-likeness (QED) is 0.833. The minimum Gasteiger partial charge on any atom is -0.396 e. The van der Waals surface area contributed by atoms with Crippen LogP contribution in [0, 0.1) is 0 Å². The summed E-state index contributed by atoms with van der Waals surface area (Å²) >= 11 is 1.84. The Bertz CT molecular complexity index is 306. The van der Waals surface area contributed by atoms with Crippen LogP contribution in [0.1, 0.15) is 34.3 Å². The van der Waals surface area contributed by atoms with Gasteiger partial charge >= 0.3 is 0 Å². The van der Waals surface area contributed by atoms with E-state index in [9.17, 15) is 0 Å². The van der Waals surface area contributed by atoms with Gasteiger partial charge in [0.15, 0.2) is 0 Å². The van der Waals surface area contributed by atoms with E-state index >= 15 is 0 Å². The molecule has 0 saturated heterocycles. The maximum Gasteiger partial charge on any atom is 0.0832 e. The first kappa shape index (κ1) is 10.1. The largest absolute Gasteiger partial charge is 0.396 e. The third kappa shape index (κ3) is 1.85. The lowest BCUT2D eigenvalue weighted by Crippen LogP contribution is -2.08. The molecule has 2 nitrogen and oxygen atoms in total. The van der Waals surface area contributed by atoms with Crippen molar-refractivity contribution >= 4 is 11.3 Å². The number of aryl methyl sites for hydroxylation is 1. The zero-order valence-electron chi connectivity index (χ0n) is 8.45. The van der Waals surface area contributed by atoms with Crippen LogP contribution in [0.2, 0.25) is 0 Å². The Kier molecular flexibility index (Phi) is 3.21. The number of aliphatic hydroxyl groups is 1. The molecular weight excluding hydrogens is 196 g/mol. The monoisotopic (exact) mass is 212 g/mol. The molecule has 1 aliphatic carbocycles. The molecule has 0 fully saturated rings. The minimum absolute atomic E-state index is 0.247. The van der Waals surface area contributed by atoms with Gasteiger partial charge in [-0.3, -0.25) is 0 Å². The molecule has 0 amide bonds. The Morgan fingerprint density at radius 2 is 2.50 bits per heavy atom. The summed E-state index contributed by atoms with van der Waals surface area (Å²) in [6, 6.07) is 2.21. The van der Waals surface area contributed by atoms with Gasteiger partial charge < -0.3 is 9.84 Å². The van der Waals surface area contributed by atoms with Crippen molar-refractivity contribution in [3.8, 4) is 0 Å². The molecule has 14 heavy (non-hydrogen) atoms. The molecule has 0 aliphatic heterocycles. The summed E-state index contributed by atoms with van der Waals surface area (Å²) in [7, 11) is 1.78. The van der Waals surface area contributed by atoms with E-state index < -0.39 is 0 Å². The van der Waals surface area contributed by atoms with Crippen LogP contribution < -0.4 is 0 Å². The second-order valence-electron chi connectivity index (χ2n) is 3.68. The Morgan fingerprint density at radius 1 is 1.64 bits per heavy atom. The summed E-state index contributed by atoms with van der Waals surface area (Å²) < 4.78 is 5.45. The first-order chi connectivity index (χ1) is 6.85. The maximum atomic E-state index is 8.88. The van der Waals surface area contributed by atoms with Crippen molar-refractivity contribution in [1.29, 1.82) is 0 Å². The van der Waals surface area contributed by atoms with Crippen LogP contribution in [0.3, 0.4) is 0 Å². The van der Waals surface area contributed by atoms with Crippen molar-refractivity contribution in [2.75, 3.05) is 13.7 Å². The Balaban J connectivity index is 2.24. The Morgan fingerprint density at radius 3 is 3.21 bits per heavy atom. The van der Waals surface area contributed by atoms with Crippen molar-refractivity contribution in [2.24, 2.45) is 0 Å². The van der Waals surface area contributed by atoms with Crippen molar-refractivity contribution < 1.29 is 9.84 Å². The van der Waals surface area contributed by atoms with E-state index in [4.69, 9.17) is 9.84 Å². The van der Waals surface area contributed by atoms with Gasteiger partial charge in [-0.25, -0.2) is 0 Å². The molecule has 1 aliphatic rings. The van der Waals surface area contributed by atoms with E-state index in [1.165, 1.54) is 28.2 Å². The second-order valence-corrected chi connectivity index (χ2v) is 4.90. The van der Waals surface area contributed by atoms with Crippen molar-refractivity contribution in [2.45, 2.75) is 31.8 Å². The number of ether oxygens (including phenoxy) is 1. The summed E-state index contributed by atoms with van der Waals surface area (Å²) in [6.45, 7) is 0.247. The third-order valence-corrected chi connectivity index (χ3v) is 4.02. The van der Waals surface area contributed by atoms with Gasteiger partial charge in [-0.05, 0) is 30.9 Å². The molecule has 1 unspecified atom stereocenters. The third-order valence-electron chi connectivity index (χ3n) is 2.75. The summed E-state index contributed by atoms with van der Waals surface area (Å²) in [5.41, 5.74) is 1.37. The summed E-state index contributed by atoms with van der Waals surface area (Å²) in [5, 5.41) is 8.88. The fourth-order valence-electron chi connectivity index (χ4n) is 2.05. The molecule has 0 radical (unpaired) electrons. The van der Waals surface area contributed by atoms with Gasteiger partial charge in [0.1, 0.15) is 0 Å². The number of aliphatic hydroxyl groups excluding tert-OH is 1. The van der Waals surface area contributed by atoms with Crippen LogP contribution in [-0.2, 0) is 17.6 Å². The highest BCUT2D eigenvalue weighted by Crippen LogP contribution is 2.37. The van der Waals surface area contributed by atoms with Crippen LogP contribution in [0.5, 0.6) is 0 Å². The molecule has 0 aromatic carbocycles. The number of fused-ring (bicyclic) bond motifs is 1. The van der Waals surface area contributed by atoms with Gasteiger partial charge in [-0.2, -0.15) is 0 Å². The zero-order chi connectivity index (χ0) is 9.97. The molecule has 1 aromatic rings. The Hall–Kier alpha value is -0.380. The number of rotatable bonds is 3. The molecular formula is C11H16O2S. The highest BCUT2D eigenvalue weighted by molar-refractivity contribution is 7.12. The highest BCUT2D eigenvalue weighted by Gasteiger charge is 2.22. The average molecular weight is 212 g/mol. The molecule has 0 bridgehead atoms. The van der Waals surface area contributed by atoms with E-state index in [0.29, 0.717) is 6.10 Å². The maximum absolute atomic E-state index is 8.88. The predicted octanol–water partition coefficient (Wildman–Crippen LogP) is 2.31. The number of thiophene rings is 1.